The maximum absolute atomic E-state index is 14.3. The van der Waals surface area contributed by atoms with Gasteiger partial charge in [-0.15, -0.1) is 0 Å². The molecule has 1 aliphatic heterocycles. The van der Waals surface area contributed by atoms with Crippen LogP contribution in [-0.2, 0) is 64.0 Å². The van der Waals surface area contributed by atoms with Gasteiger partial charge in [0.25, 0.3) is 5.91 Å². The molecule has 11 amide bonds. The molecule has 32 heteroatoms. The average molecular weight is 1200 g/mol. The number of carboxylic acid groups (broad SMARTS) is 1. The van der Waals surface area contributed by atoms with Crippen LogP contribution in [0.1, 0.15) is 91.5 Å². The van der Waals surface area contributed by atoms with Crippen LogP contribution in [0, 0.1) is 11.8 Å². The van der Waals surface area contributed by atoms with Crippen LogP contribution in [0.5, 0.6) is 5.75 Å². The van der Waals surface area contributed by atoms with Crippen LogP contribution in [-0.4, -0.2) is 203 Å². The van der Waals surface area contributed by atoms with Gasteiger partial charge in [-0.2, -0.15) is 0 Å². The Morgan fingerprint density at radius 3 is 1.80 bits per heavy atom. The molecule has 474 valence electrons. The number of phenolic OH excluding ortho intramolecular Hbond substituents is 1. The van der Waals surface area contributed by atoms with Crippen LogP contribution in [0.4, 0.5) is 0 Å². The summed E-state index contributed by atoms with van der Waals surface area (Å²) in [5.41, 5.74) is 22.4. The first-order chi connectivity index (χ1) is 40.0. The van der Waals surface area contributed by atoms with Crippen molar-refractivity contribution in [3.8, 4) is 5.75 Å². The molecular weight excluding hydrogens is 1120 g/mol. The summed E-state index contributed by atoms with van der Waals surface area (Å²) in [6.45, 7) is 8.57. The molecule has 0 saturated carbocycles. The first-order valence-corrected chi connectivity index (χ1v) is 27.7. The van der Waals surface area contributed by atoms with E-state index in [0.29, 0.717) is 44.2 Å². The lowest BCUT2D eigenvalue weighted by molar-refractivity contribution is -0.141. The number of aliphatic carboxylic acids is 1. The van der Waals surface area contributed by atoms with Crippen LogP contribution < -0.4 is 76.1 Å². The number of aliphatic hydroxyl groups is 2. The van der Waals surface area contributed by atoms with Crippen molar-refractivity contribution in [1.82, 2.24) is 58.1 Å². The number of amides is 11. The third kappa shape index (κ3) is 25.9. The number of nitrogens with zero attached hydrogens (tertiary/aromatic N) is 2. The second-order valence-corrected chi connectivity index (χ2v) is 21.0. The van der Waals surface area contributed by atoms with Crippen molar-refractivity contribution >= 4 is 76.9 Å². The maximum atomic E-state index is 14.3. The number of carbonyl (C=O) groups is 12. The van der Waals surface area contributed by atoms with E-state index in [1.165, 1.54) is 36.1 Å². The van der Waals surface area contributed by atoms with E-state index in [0.717, 1.165) is 0 Å². The van der Waals surface area contributed by atoms with Gasteiger partial charge >= 0.3 is 5.97 Å². The highest BCUT2D eigenvalue weighted by atomic mass is 16.4. The Morgan fingerprint density at radius 2 is 1.24 bits per heavy atom. The zero-order valence-corrected chi connectivity index (χ0v) is 48.6. The summed E-state index contributed by atoms with van der Waals surface area (Å²) in [7, 11) is 0. The molecule has 0 bridgehead atoms. The summed E-state index contributed by atoms with van der Waals surface area (Å²) in [5, 5.41) is 63.1. The fraction of sp³-hybridized carbons (Fsp3) is 0.604. The van der Waals surface area contributed by atoms with E-state index in [2.05, 4.69) is 59.4 Å². The average Bonchev–Trinajstić information content (AvgIpc) is 4.24. The molecule has 1 saturated heterocycles. The van der Waals surface area contributed by atoms with Gasteiger partial charge in [0.2, 0.25) is 59.1 Å². The number of hydrogen-bond acceptors (Lipinski definition) is 18. The van der Waals surface area contributed by atoms with E-state index in [9.17, 15) is 72.9 Å². The highest BCUT2D eigenvalue weighted by Crippen LogP contribution is 2.20. The second kappa shape index (κ2) is 37.0. The molecule has 9 atom stereocenters. The summed E-state index contributed by atoms with van der Waals surface area (Å²) in [6, 6.07) is -7.05. The van der Waals surface area contributed by atoms with Gasteiger partial charge in [-0.05, 0) is 87.9 Å². The highest BCUT2D eigenvalue weighted by molar-refractivity contribution is 6.01. The number of aliphatic hydroxyl groups excluding tert-OH is 2. The van der Waals surface area contributed by atoms with Crippen LogP contribution in [0.3, 0.4) is 0 Å². The van der Waals surface area contributed by atoms with E-state index >= 15 is 0 Å². The molecule has 0 aromatic heterocycles. The molecular formula is C53H86N16O16. The number of nitrogens with one attached hydrogen (secondary N) is 10. The summed E-state index contributed by atoms with van der Waals surface area (Å²) < 4.78 is 0. The highest BCUT2D eigenvalue weighted by Gasteiger charge is 2.39. The van der Waals surface area contributed by atoms with Gasteiger partial charge in [0.05, 0.1) is 31.5 Å². The van der Waals surface area contributed by atoms with Gasteiger partial charge < -0.3 is 101 Å². The minimum atomic E-state index is -1.81. The lowest BCUT2D eigenvalue weighted by atomic mass is 10.0. The Bertz CT molecular complexity index is 2530. The van der Waals surface area contributed by atoms with Gasteiger partial charge in [-0.3, -0.25) is 62.5 Å². The normalized spacial score (nSPS) is 15.6. The number of aliphatic imine (C=N–C) groups is 1. The van der Waals surface area contributed by atoms with Crippen molar-refractivity contribution in [1.29, 1.82) is 0 Å². The topological polar surface area (TPSA) is 526 Å². The summed E-state index contributed by atoms with van der Waals surface area (Å²) in [4.78, 5) is 164. The Balaban J connectivity index is 2.31. The Morgan fingerprint density at radius 1 is 0.682 bits per heavy atom. The van der Waals surface area contributed by atoms with Crippen molar-refractivity contribution < 1.29 is 78.0 Å². The Labute approximate surface area is 492 Å². The Kier molecular flexibility index (Phi) is 31.6. The van der Waals surface area contributed by atoms with Crippen molar-refractivity contribution in [3.63, 3.8) is 0 Å². The molecule has 0 unspecified atom stereocenters. The predicted octanol–water partition coefficient (Wildman–Crippen LogP) is -6.52. The molecule has 0 radical (unpaired) electrons. The number of unbranched alkanes of at least 4 members (excludes halogenated alkanes) is 1. The number of phenols is 1. The standard InChI is InChI=1S/C53H86N16O16/c1-27(2)21-35(64-49(82)38(26-71)67-51(84)42(28(3)4)68-50(83)39-13-10-20-69(39)52(85)33(55)11-7-8-18-54)46(79)66-37(25-70)48(81)65-36(22-31-14-16-32(72)17-15-31)47(80)63-34(12-9-19-58-53(56)57)45(78)62-30(6)44(77)61-29(5)43(76)60-23-40(73)59-24-41(74)75/h14-17,27-28,30,33-39,42,70-72H,5,7-13,18-26,54-55H2,1-4,6H3,(H,59,73)(H,60,76)(H,61,77)(H,62,78)(H,63,80)(H,64,82)(H,65,81)(H,66,79)(H,67,84)(H,68,83)(H,74,75)(H4,56,57,58)/t30-,33-,34-,35-,36-,37-,38-,39-,42-/m0/s1. The molecule has 0 spiro atoms. The van der Waals surface area contributed by atoms with E-state index in [1.54, 1.807) is 27.7 Å². The zero-order valence-electron chi connectivity index (χ0n) is 48.6. The zero-order chi connectivity index (χ0) is 64.1. The molecule has 1 fully saturated rings. The number of rotatable bonds is 37. The molecule has 2 rings (SSSR count). The number of carboxylic acids is 1. The smallest absolute Gasteiger partial charge is 0.322 e. The lowest BCUT2D eigenvalue weighted by Crippen LogP contribution is -2.62. The van der Waals surface area contributed by atoms with Crippen LogP contribution in [0.2, 0.25) is 0 Å². The number of likely N-dealkylation sites (tertiary alicyclic amines) is 1. The van der Waals surface area contributed by atoms with Crippen molar-refractivity contribution in [2.24, 2.45) is 39.8 Å². The van der Waals surface area contributed by atoms with Crippen LogP contribution in [0.25, 0.3) is 0 Å². The SMILES string of the molecule is C=C(NC(=O)[C@H](C)NC(=O)[C@H](CCCN=C(N)N)NC(=O)[C@H](Cc1ccc(O)cc1)NC(=O)[C@H](CO)NC(=O)[C@H](CC(C)C)NC(=O)[C@H](CO)NC(=O)[C@@H](NC(=O)[C@@H]1CCCN1C(=O)[C@@H](N)CCCCN)C(C)C)C(=O)NCC(=O)NCC(=O)O. The van der Waals surface area contributed by atoms with Gasteiger partial charge in [0.15, 0.2) is 5.96 Å². The van der Waals surface area contributed by atoms with E-state index < -0.39 is 163 Å². The van der Waals surface area contributed by atoms with Crippen LogP contribution in [0.15, 0.2) is 41.5 Å². The van der Waals surface area contributed by atoms with E-state index in [4.69, 9.17) is 28.0 Å². The molecule has 1 aromatic carbocycles. The van der Waals surface area contributed by atoms with E-state index in [-0.39, 0.29) is 56.4 Å². The van der Waals surface area contributed by atoms with Crippen LogP contribution >= 0.6 is 0 Å². The fourth-order valence-electron chi connectivity index (χ4n) is 8.42. The third-order valence-corrected chi connectivity index (χ3v) is 13.1. The first kappa shape index (κ1) is 72.6. The van der Waals surface area contributed by atoms with Crippen molar-refractivity contribution in [2.75, 3.05) is 45.9 Å². The number of aromatic hydroxyl groups is 1. The first-order valence-electron chi connectivity index (χ1n) is 27.7. The number of hydrogen-bond donors (Lipinski definition) is 18. The van der Waals surface area contributed by atoms with Gasteiger partial charge in [-0.1, -0.05) is 52.8 Å². The molecule has 1 aromatic rings. The Hall–Kier alpha value is -8.49. The van der Waals surface area contributed by atoms with Gasteiger partial charge in [-0.25, -0.2) is 0 Å². The monoisotopic (exact) mass is 1200 g/mol. The number of guanidine groups is 1. The number of benzene rings is 1. The quantitative estimate of drug-likeness (QED) is 0.0127. The third-order valence-electron chi connectivity index (χ3n) is 13.1. The maximum Gasteiger partial charge on any atom is 0.322 e. The molecule has 85 heavy (non-hydrogen) atoms. The molecule has 0 aliphatic carbocycles. The fourth-order valence-corrected chi connectivity index (χ4v) is 8.42. The van der Waals surface area contributed by atoms with E-state index in [1.807, 2.05) is 5.32 Å². The second-order valence-electron chi connectivity index (χ2n) is 21.0. The molecule has 1 heterocycles. The number of carbonyl (C=O) groups excluding carboxylic acids is 11. The summed E-state index contributed by atoms with van der Waals surface area (Å²) in [5.74, 6) is -12.5. The van der Waals surface area contributed by atoms with Crippen molar-refractivity contribution in [3.05, 3.63) is 42.1 Å². The minimum absolute atomic E-state index is 0.0311. The largest absolute Gasteiger partial charge is 0.508 e. The predicted molar refractivity (Wildman–Crippen MR) is 306 cm³/mol. The molecule has 1 aliphatic rings. The molecule has 22 N–H and O–H groups in total. The minimum Gasteiger partial charge on any atom is -0.508 e. The van der Waals surface area contributed by atoms with Crippen molar-refractivity contribution in [2.45, 2.75) is 147 Å². The lowest BCUT2D eigenvalue weighted by Gasteiger charge is -2.30. The summed E-state index contributed by atoms with van der Waals surface area (Å²) in [6.07, 6.45) is 1.97. The summed E-state index contributed by atoms with van der Waals surface area (Å²) >= 11 is 0. The molecule has 32 nitrogen and oxygen atoms in total. The number of nitrogens with two attached hydrogens (primary N) is 4. The van der Waals surface area contributed by atoms with Gasteiger partial charge in [0.1, 0.15) is 60.6 Å². The van der Waals surface area contributed by atoms with Gasteiger partial charge in [0, 0.05) is 19.5 Å².